The van der Waals surface area contributed by atoms with Gasteiger partial charge in [-0.05, 0) is 132 Å². The lowest BCUT2D eigenvalue weighted by molar-refractivity contribution is 1.18. The molecular weight excluding hydrogens is 773 g/mol. The Balaban J connectivity index is 1.01. The zero-order chi connectivity index (χ0) is 42.1. The van der Waals surface area contributed by atoms with Gasteiger partial charge in [0.25, 0.3) is 0 Å². The highest BCUT2D eigenvalue weighted by molar-refractivity contribution is 6.33. The molecule has 1 aromatic heterocycles. The zero-order valence-corrected chi connectivity index (χ0v) is 35.0. The van der Waals surface area contributed by atoms with Gasteiger partial charge in [-0.2, -0.15) is 0 Å². The smallest absolute Gasteiger partial charge is 0.0553 e. The quantitative estimate of drug-likeness (QED) is 0.146. The number of aromatic nitrogens is 1. The number of para-hydroxylation sites is 1. The summed E-state index contributed by atoms with van der Waals surface area (Å²) < 4.78 is 2.45. The molecule has 298 valence electrons. The van der Waals surface area contributed by atoms with E-state index in [-0.39, 0.29) is 0 Å². The third-order valence-electron chi connectivity index (χ3n) is 13.3. The molecule has 0 unspecified atom stereocenters. The Morgan fingerprint density at radius 1 is 0.281 bits per heavy atom. The fourth-order valence-electron chi connectivity index (χ4n) is 10.4. The molecule has 0 aliphatic carbocycles. The summed E-state index contributed by atoms with van der Waals surface area (Å²) in [6.45, 7) is 0. The highest BCUT2D eigenvalue weighted by Gasteiger charge is 2.21. The van der Waals surface area contributed by atoms with Crippen LogP contribution >= 0.6 is 0 Å². The number of nitrogens with zero attached hydrogens (tertiary/aromatic N) is 2. The minimum absolute atomic E-state index is 1.10. The molecule has 2 heteroatoms. The molecule has 13 rings (SSSR count). The molecule has 0 N–H and O–H groups in total. The number of anilines is 3. The Labute approximate surface area is 371 Å². The van der Waals surface area contributed by atoms with E-state index in [4.69, 9.17) is 0 Å². The van der Waals surface area contributed by atoms with Crippen molar-refractivity contribution in [3.05, 3.63) is 243 Å². The second-order valence-corrected chi connectivity index (χ2v) is 16.9. The van der Waals surface area contributed by atoms with Crippen molar-refractivity contribution in [2.75, 3.05) is 4.90 Å². The van der Waals surface area contributed by atoms with Crippen LogP contribution < -0.4 is 4.90 Å². The Kier molecular flexibility index (Phi) is 8.25. The first-order valence-electron chi connectivity index (χ1n) is 22.1. The van der Waals surface area contributed by atoms with Crippen molar-refractivity contribution >= 4 is 82.0 Å². The molecule has 2 nitrogen and oxygen atoms in total. The molecule has 0 saturated carbocycles. The van der Waals surface area contributed by atoms with Crippen LogP contribution in [0.4, 0.5) is 17.1 Å². The SMILES string of the molecule is c1ccc(-c2ccc(N(c3ccc(-c4ccccc4)cc3)c3cccc4c(-c5ccc6c(c5)c5c7ccc8cccc9ccc(cc5n6-c5ccccc5)c7c98)cccc34)cc2)cc1. The fraction of sp³-hybridized carbons (Fsp3) is 0. The molecule has 0 aliphatic heterocycles. The fourth-order valence-corrected chi connectivity index (χ4v) is 10.4. The summed E-state index contributed by atoms with van der Waals surface area (Å²) in [5.74, 6) is 0. The van der Waals surface area contributed by atoms with Gasteiger partial charge in [0.2, 0.25) is 0 Å². The molecule has 0 aliphatic rings. The topological polar surface area (TPSA) is 8.17 Å². The number of hydrogen-bond donors (Lipinski definition) is 0. The Morgan fingerprint density at radius 3 is 1.50 bits per heavy atom. The Bertz CT molecular complexity index is 3750. The van der Waals surface area contributed by atoms with Crippen molar-refractivity contribution in [1.82, 2.24) is 4.57 Å². The van der Waals surface area contributed by atoms with Crippen LogP contribution in [0.15, 0.2) is 243 Å². The summed E-state index contributed by atoms with van der Waals surface area (Å²) >= 11 is 0. The van der Waals surface area contributed by atoms with E-state index in [1.165, 1.54) is 98.3 Å². The molecule has 12 aromatic carbocycles. The van der Waals surface area contributed by atoms with Crippen LogP contribution in [0.25, 0.3) is 104 Å². The predicted molar refractivity (Wildman–Crippen MR) is 273 cm³/mol. The van der Waals surface area contributed by atoms with Gasteiger partial charge in [0, 0.05) is 33.2 Å². The molecule has 0 atom stereocenters. The number of benzene rings is 12. The van der Waals surface area contributed by atoms with Crippen molar-refractivity contribution < 1.29 is 0 Å². The molecule has 0 saturated heterocycles. The van der Waals surface area contributed by atoms with Gasteiger partial charge in [0.05, 0.1) is 16.7 Å². The normalized spacial score (nSPS) is 11.8. The van der Waals surface area contributed by atoms with E-state index in [1.54, 1.807) is 0 Å². The second-order valence-electron chi connectivity index (χ2n) is 16.9. The summed E-state index contributed by atoms with van der Waals surface area (Å²) in [7, 11) is 0. The molecule has 0 spiro atoms. The maximum Gasteiger partial charge on any atom is 0.0553 e. The summed E-state index contributed by atoms with van der Waals surface area (Å²) in [5, 5.41) is 12.7. The standard InChI is InChI=1S/C62H40N2/c1-4-13-41(14-5-1)43-27-33-50(34-28-43)63(51-35-29-44(30-36-51)42-15-6-2-7-16-42)57-24-12-22-53-52(21-11-23-54(53)57)47-32-38-58-56(39-47)62-55-37-31-46-18-10-17-45-25-26-48(61(55)60(45)46)40-59(62)64(58)49-19-8-3-9-20-49/h1-40H. The maximum absolute atomic E-state index is 2.45. The van der Waals surface area contributed by atoms with Gasteiger partial charge in [-0.25, -0.2) is 0 Å². The van der Waals surface area contributed by atoms with Crippen molar-refractivity contribution in [1.29, 1.82) is 0 Å². The van der Waals surface area contributed by atoms with Crippen LogP contribution in [0.3, 0.4) is 0 Å². The van der Waals surface area contributed by atoms with Crippen molar-refractivity contribution in [3.8, 4) is 39.1 Å². The third kappa shape index (κ3) is 5.73. The number of rotatable bonds is 7. The lowest BCUT2D eigenvalue weighted by Crippen LogP contribution is -2.10. The van der Waals surface area contributed by atoms with Crippen LogP contribution in [0.1, 0.15) is 0 Å². The molecule has 0 fully saturated rings. The van der Waals surface area contributed by atoms with E-state index >= 15 is 0 Å². The van der Waals surface area contributed by atoms with Gasteiger partial charge in [-0.3, -0.25) is 0 Å². The van der Waals surface area contributed by atoms with Gasteiger partial charge in [0.1, 0.15) is 0 Å². The van der Waals surface area contributed by atoms with E-state index in [0.717, 1.165) is 22.7 Å². The number of hydrogen-bond acceptors (Lipinski definition) is 1. The van der Waals surface area contributed by atoms with E-state index in [0.29, 0.717) is 0 Å². The molecular formula is C62H40N2. The van der Waals surface area contributed by atoms with Gasteiger partial charge >= 0.3 is 0 Å². The van der Waals surface area contributed by atoms with Crippen LogP contribution in [-0.2, 0) is 0 Å². The second kappa shape index (κ2) is 14.6. The Morgan fingerprint density at radius 2 is 0.828 bits per heavy atom. The minimum Gasteiger partial charge on any atom is -0.310 e. The predicted octanol–water partition coefficient (Wildman–Crippen LogP) is 17.3. The zero-order valence-electron chi connectivity index (χ0n) is 35.0. The highest BCUT2D eigenvalue weighted by atomic mass is 15.1. The highest BCUT2D eigenvalue weighted by Crippen LogP contribution is 2.46. The van der Waals surface area contributed by atoms with E-state index in [1.807, 2.05) is 0 Å². The maximum atomic E-state index is 2.45. The summed E-state index contributed by atoms with van der Waals surface area (Å²) in [6.07, 6.45) is 0. The first-order valence-corrected chi connectivity index (χ1v) is 22.1. The molecule has 1 heterocycles. The average molecular weight is 813 g/mol. The average Bonchev–Trinajstić information content (AvgIpc) is 3.70. The summed E-state index contributed by atoms with van der Waals surface area (Å²) in [5.41, 5.74) is 14.1. The molecule has 0 amide bonds. The van der Waals surface area contributed by atoms with E-state index in [2.05, 4.69) is 252 Å². The van der Waals surface area contributed by atoms with Crippen LogP contribution in [0.2, 0.25) is 0 Å². The lowest BCUT2D eigenvalue weighted by Gasteiger charge is -2.27. The first-order chi connectivity index (χ1) is 31.7. The molecule has 0 bridgehead atoms. The molecule has 64 heavy (non-hydrogen) atoms. The summed E-state index contributed by atoms with van der Waals surface area (Å²) in [6, 6.07) is 89.0. The number of fused-ring (bicyclic) bond motifs is 5. The van der Waals surface area contributed by atoms with Crippen molar-refractivity contribution in [2.24, 2.45) is 0 Å². The first kappa shape index (κ1) is 36.2. The van der Waals surface area contributed by atoms with E-state index in [9.17, 15) is 0 Å². The van der Waals surface area contributed by atoms with Gasteiger partial charge < -0.3 is 9.47 Å². The minimum atomic E-state index is 1.10. The van der Waals surface area contributed by atoms with Crippen LogP contribution in [-0.4, -0.2) is 4.57 Å². The molecule has 13 aromatic rings. The largest absolute Gasteiger partial charge is 0.310 e. The Hall–Kier alpha value is -8.46. The van der Waals surface area contributed by atoms with Gasteiger partial charge in [-0.1, -0.05) is 182 Å². The van der Waals surface area contributed by atoms with E-state index < -0.39 is 0 Å². The van der Waals surface area contributed by atoms with Gasteiger partial charge in [0.15, 0.2) is 0 Å². The summed E-state index contributed by atoms with van der Waals surface area (Å²) in [4.78, 5) is 2.41. The van der Waals surface area contributed by atoms with Crippen LogP contribution in [0.5, 0.6) is 0 Å². The van der Waals surface area contributed by atoms with Gasteiger partial charge in [-0.15, -0.1) is 0 Å². The lowest BCUT2D eigenvalue weighted by atomic mass is 9.91. The van der Waals surface area contributed by atoms with Crippen molar-refractivity contribution in [2.45, 2.75) is 0 Å². The van der Waals surface area contributed by atoms with Crippen molar-refractivity contribution in [3.63, 3.8) is 0 Å². The molecule has 0 radical (unpaired) electrons. The third-order valence-corrected chi connectivity index (χ3v) is 13.3. The van der Waals surface area contributed by atoms with Crippen LogP contribution in [0, 0.1) is 0 Å². The monoisotopic (exact) mass is 812 g/mol.